The Kier molecular flexibility index (Phi) is 4.35. The first-order valence-corrected chi connectivity index (χ1v) is 6.54. The van der Waals surface area contributed by atoms with Crippen LogP contribution < -0.4 is 20.9 Å². The molecule has 0 saturated heterocycles. The Balaban J connectivity index is 1.81. The van der Waals surface area contributed by atoms with E-state index in [9.17, 15) is 0 Å². The van der Waals surface area contributed by atoms with Gasteiger partial charge in [-0.25, -0.2) is 0 Å². The van der Waals surface area contributed by atoms with Crippen molar-refractivity contribution in [1.29, 1.82) is 0 Å². The summed E-state index contributed by atoms with van der Waals surface area (Å²) in [5, 5.41) is 0. The average molecular weight is 272 g/mol. The maximum Gasteiger partial charge on any atom is 0.122 e. The zero-order valence-corrected chi connectivity index (χ0v) is 11.8. The van der Waals surface area contributed by atoms with Crippen molar-refractivity contribution in [2.24, 2.45) is 0 Å². The van der Waals surface area contributed by atoms with Crippen molar-refractivity contribution in [3.8, 4) is 11.5 Å². The predicted octanol–water partition coefficient (Wildman–Crippen LogP) is 2.93. The number of hydrogen-bond acceptors (Lipinski definition) is 4. The molecular weight excluding hydrogens is 252 g/mol. The molecule has 4 heteroatoms. The van der Waals surface area contributed by atoms with Gasteiger partial charge < -0.3 is 20.9 Å². The van der Waals surface area contributed by atoms with Crippen LogP contribution in [-0.2, 0) is 0 Å². The smallest absolute Gasteiger partial charge is 0.122 e. The SMILES string of the molecule is Cc1cc(OCCOc2ccc(N)c(C)c2)ccc1N. The quantitative estimate of drug-likeness (QED) is 0.648. The van der Waals surface area contributed by atoms with Gasteiger partial charge in [-0.15, -0.1) is 0 Å². The third kappa shape index (κ3) is 3.57. The summed E-state index contributed by atoms with van der Waals surface area (Å²) >= 11 is 0. The first-order valence-electron chi connectivity index (χ1n) is 6.54. The highest BCUT2D eigenvalue weighted by atomic mass is 16.5. The van der Waals surface area contributed by atoms with Crippen molar-refractivity contribution < 1.29 is 9.47 Å². The summed E-state index contributed by atoms with van der Waals surface area (Å²) in [6, 6.07) is 11.2. The molecule has 0 saturated carbocycles. The van der Waals surface area contributed by atoms with Gasteiger partial charge in [0.15, 0.2) is 0 Å². The minimum absolute atomic E-state index is 0.479. The van der Waals surface area contributed by atoms with E-state index in [4.69, 9.17) is 20.9 Å². The topological polar surface area (TPSA) is 70.5 Å². The molecular formula is C16H20N2O2. The van der Waals surface area contributed by atoms with E-state index < -0.39 is 0 Å². The van der Waals surface area contributed by atoms with E-state index in [1.807, 2.05) is 50.2 Å². The minimum atomic E-state index is 0.479. The molecule has 20 heavy (non-hydrogen) atoms. The summed E-state index contributed by atoms with van der Waals surface area (Å²) in [6.07, 6.45) is 0. The molecule has 0 aliphatic rings. The molecule has 4 nitrogen and oxygen atoms in total. The average Bonchev–Trinajstić information content (AvgIpc) is 2.42. The Hall–Kier alpha value is -2.36. The largest absolute Gasteiger partial charge is 0.490 e. The van der Waals surface area contributed by atoms with E-state index in [1.54, 1.807) is 0 Å². The van der Waals surface area contributed by atoms with E-state index in [1.165, 1.54) is 0 Å². The lowest BCUT2D eigenvalue weighted by molar-refractivity contribution is 0.217. The van der Waals surface area contributed by atoms with E-state index in [2.05, 4.69) is 0 Å². The van der Waals surface area contributed by atoms with Crippen LogP contribution in [0, 0.1) is 13.8 Å². The van der Waals surface area contributed by atoms with Crippen LogP contribution in [0.4, 0.5) is 11.4 Å². The monoisotopic (exact) mass is 272 g/mol. The van der Waals surface area contributed by atoms with Gasteiger partial charge in [0.05, 0.1) is 0 Å². The number of ether oxygens (including phenoxy) is 2. The van der Waals surface area contributed by atoms with Crippen LogP contribution in [0.2, 0.25) is 0 Å². The lowest BCUT2D eigenvalue weighted by atomic mass is 10.2. The van der Waals surface area contributed by atoms with Crippen LogP contribution >= 0.6 is 0 Å². The molecule has 0 aromatic heterocycles. The first-order chi connectivity index (χ1) is 9.56. The molecule has 0 heterocycles. The van der Waals surface area contributed by atoms with Crippen LogP contribution in [0.3, 0.4) is 0 Å². The van der Waals surface area contributed by atoms with Crippen molar-refractivity contribution in [2.75, 3.05) is 24.7 Å². The van der Waals surface area contributed by atoms with Crippen LogP contribution in [0.1, 0.15) is 11.1 Å². The Morgan fingerprint density at radius 1 is 0.750 bits per heavy atom. The summed E-state index contributed by atoms with van der Waals surface area (Å²) in [4.78, 5) is 0. The maximum atomic E-state index is 5.76. The molecule has 0 radical (unpaired) electrons. The molecule has 0 atom stereocenters. The Labute approximate surface area is 119 Å². The predicted molar refractivity (Wildman–Crippen MR) is 82.2 cm³/mol. The van der Waals surface area contributed by atoms with E-state index >= 15 is 0 Å². The summed E-state index contributed by atoms with van der Waals surface area (Å²) in [6.45, 7) is 4.87. The van der Waals surface area contributed by atoms with Gasteiger partial charge in [0.1, 0.15) is 24.7 Å². The number of rotatable bonds is 5. The van der Waals surface area contributed by atoms with Crippen molar-refractivity contribution >= 4 is 11.4 Å². The zero-order valence-electron chi connectivity index (χ0n) is 11.8. The van der Waals surface area contributed by atoms with Gasteiger partial charge in [-0.1, -0.05) is 0 Å². The zero-order chi connectivity index (χ0) is 14.5. The highest BCUT2D eigenvalue weighted by Gasteiger charge is 2.00. The van der Waals surface area contributed by atoms with Crippen LogP contribution in [0.15, 0.2) is 36.4 Å². The fourth-order valence-corrected chi connectivity index (χ4v) is 1.79. The molecule has 0 spiro atoms. The van der Waals surface area contributed by atoms with Crippen LogP contribution in [-0.4, -0.2) is 13.2 Å². The first kappa shape index (κ1) is 14.1. The van der Waals surface area contributed by atoms with Gasteiger partial charge in [0.2, 0.25) is 0 Å². The maximum absolute atomic E-state index is 5.76. The second-order valence-electron chi connectivity index (χ2n) is 4.73. The molecule has 0 unspecified atom stereocenters. The molecule has 0 aliphatic heterocycles. The number of anilines is 2. The number of nitrogen functional groups attached to an aromatic ring is 2. The number of aryl methyl sites for hydroxylation is 2. The van der Waals surface area contributed by atoms with Crippen molar-refractivity contribution in [2.45, 2.75) is 13.8 Å². The molecule has 0 bridgehead atoms. The van der Waals surface area contributed by atoms with Gasteiger partial charge in [-0.05, 0) is 61.4 Å². The second kappa shape index (κ2) is 6.19. The summed E-state index contributed by atoms with van der Waals surface area (Å²) in [5.74, 6) is 1.60. The van der Waals surface area contributed by atoms with Crippen molar-refractivity contribution in [1.82, 2.24) is 0 Å². The van der Waals surface area contributed by atoms with Crippen molar-refractivity contribution in [3.05, 3.63) is 47.5 Å². The van der Waals surface area contributed by atoms with E-state index in [-0.39, 0.29) is 0 Å². The molecule has 2 aromatic rings. The minimum Gasteiger partial charge on any atom is -0.490 e. The highest BCUT2D eigenvalue weighted by molar-refractivity contribution is 5.50. The summed E-state index contributed by atoms with van der Waals surface area (Å²) < 4.78 is 11.2. The second-order valence-corrected chi connectivity index (χ2v) is 4.73. The number of hydrogen-bond donors (Lipinski definition) is 2. The van der Waals surface area contributed by atoms with Gasteiger partial charge in [0, 0.05) is 11.4 Å². The molecule has 0 aliphatic carbocycles. The van der Waals surface area contributed by atoms with Gasteiger partial charge in [0.25, 0.3) is 0 Å². The normalized spacial score (nSPS) is 10.3. The molecule has 2 rings (SSSR count). The molecule has 0 amide bonds. The van der Waals surface area contributed by atoms with Gasteiger partial charge >= 0.3 is 0 Å². The van der Waals surface area contributed by atoms with Gasteiger partial charge in [-0.3, -0.25) is 0 Å². The Bertz CT molecular complexity index is 544. The van der Waals surface area contributed by atoms with E-state index in [0.717, 1.165) is 34.0 Å². The highest BCUT2D eigenvalue weighted by Crippen LogP contribution is 2.20. The summed E-state index contributed by atoms with van der Waals surface area (Å²) in [7, 11) is 0. The van der Waals surface area contributed by atoms with Crippen LogP contribution in [0.5, 0.6) is 11.5 Å². The third-order valence-electron chi connectivity index (χ3n) is 3.10. The molecule has 2 aromatic carbocycles. The Morgan fingerprint density at radius 2 is 1.15 bits per heavy atom. The summed E-state index contributed by atoms with van der Waals surface area (Å²) in [5.41, 5.74) is 15.1. The fraction of sp³-hybridized carbons (Fsp3) is 0.250. The number of benzene rings is 2. The van der Waals surface area contributed by atoms with Crippen LogP contribution in [0.25, 0.3) is 0 Å². The lowest BCUT2D eigenvalue weighted by Crippen LogP contribution is -2.09. The molecule has 4 N–H and O–H groups in total. The fourth-order valence-electron chi connectivity index (χ4n) is 1.79. The Morgan fingerprint density at radius 3 is 1.50 bits per heavy atom. The molecule has 106 valence electrons. The lowest BCUT2D eigenvalue weighted by Gasteiger charge is -2.10. The van der Waals surface area contributed by atoms with E-state index in [0.29, 0.717) is 13.2 Å². The van der Waals surface area contributed by atoms with Gasteiger partial charge in [-0.2, -0.15) is 0 Å². The van der Waals surface area contributed by atoms with Crippen molar-refractivity contribution in [3.63, 3.8) is 0 Å². The third-order valence-corrected chi connectivity index (χ3v) is 3.10. The molecule has 0 fully saturated rings. The standard InChI is InChI=1S/C16H20N2O2/c1-11-9-13(3-5-15(11)17)19-7-8-20-14-4-6-16(18)12(2)10-14/h3-6,9-10H,7-8,17-18H2,1-2H3. The number of nitrogens with two attached hydrogens (primary N) is 2.